The largest absolute Gasteiger partial charge is 0.512 e. The van der Waals surface area contributed by atoms with Gasteiger partial charge in [-0.15, -0.1) is 0 Å². The average molecular weight is 256 g/mol. The van der Waals surface area contributed by atoms with Gasteiger partial charge in [0.1, 0.15) is 5.76 Å². The van der Waals surface area contributed by atoms with Crippen molar-refractivity contribution in [3.05, 3.63) is 11.8 Å². The van der Waals surface area contributed by atoms with Crippen molar-refractivity contribution in [3.63, 3.8) is 0 Å². The second-order valence-electron chi connectivity index (χ2n) is 5.17. The van der Waals surface area contributed by atoms with E-state index in [1.807, 2.05) is 0 Å². The van der Waals surface area contributed by atoms with E-state index in [1.54, 1.807) is 20.8 Å². The Morgan fingerprint density at radius 1 is 1.28 bits per heavy atom. The van der Waals surface area contributed by atoms with Crippen LogP contribution < -0.4 is 5.32 Å². The fourth-order valence-corrected chi connectivity index (χ4v) is 1.33. The fourth-order valence-electron chi connectivity index (χ4n) is 1.33. The number of urea groups is 1. The van der Waals surface area contributed by atoms with Gasteiger partial charge in [0.25, 0.3) is 5.91 Å². The Bertz CT molecular complexity index is 352. The standard InChI is InChI=1S/C12H20N2O4/c1-12(2,3)9(15)8-10(16)13-11(17)14-4-6-18-7-5-14/h8,15H,4-7H2,1-3H3,(H,13,16,17)/b9-8-. The van der Waals surface area contributed by atoms with Gasteiger partial charge in [0.15, 0.2) is 0 Å². The highest BCUT2D eigenvalue weighted by molar-refractivity contribution is 6.00. The lowest BCUT2D eigenvalue weighted by Gasteiger charge is -2.26. The number of allylic oxidation sites excluding steroid dienone is 1. The molecule has 0 aromatic carbocycles. The monoisotopic (exact) mass is 256 g/mol. The van der Waals surface area contributed by atoms with Crippen LogP contribution in [0.25, 0.3) is 0 Å². The number of nitrogens with zero attached hydrogens (tertiary/aromatic N) is 1. The van der Waals surface area contributed by atoms with Gasteiger partial charge in [-0.2, -0.15) is 0 Å². The minimum atomic E-state index is -0.612. The third-order valence-electron chi connectivity index (χ3n) is 2.56. The van der Waals surface area contributed by atoms with Crippen LogP contribution in [0.15, 0.2) is 11.8 Å². The van der Waals surface area contributed by atoms with Gasteiger partial charge in [0.2, 0.25) is 0 Å². The molecule has 18 heavy (non-hydrogen) atoms. The maximum absolute atomic E-state index is 11.7. The van der Waals surface area contributed by atoms with Crippen molar-refractivity contribution in [2.24, 2.45) is 5.41 Å². The lowest BCUT2D eigenvalue weighted by molar-refractivity contribution is -0.116. The third kappa shape index (κ3) is 4.37. The Balaban J connectivity index is 2.52. The number of morpholine rings is 1. The zero-order chi connectivity index (χ0) is 13.8. The average Bonchev–Trinajstić information content (AvgIpc) is 2.28. The molecule has 1 saturated heterocycles. The molecule has 0 saturated carbocycles. The molecule has 0 unspecified atom stereocenters. The lowest BCUT2D eigenvalue weighted by Crippen LogP contribution is -2.47. The second kappa shape index (κ2) is 5.86. The maximum atomic E-state index is 11.7. The summed E-state index contributed by atoms with van der Waals surface area (Å²) >= 11 is 0. The zero-order valence-corrected chi connectivity index (χ0v) is 11.0. The van der Waals surface area contributed by atoms with E-state index in [0.717, 1.165) is 6.08 Å². The third-order valence-corrected chi connectivity index (χ3v) is 2.56. The molecule has 0 radical (unpaired) electrons. The maximum Gasteiger partial charge on any atom is 0.324 e. The van der Waals surface area contributed by atoms with E-state index in [4.69, 9.17) is 4.74 Å². The van der Waals surface area contributed by atoms with Crippen LogP contribution >= 0.6 is 0 Å². The number of amides is 3. The summed E-state index contributed by atoms with van der Waals surface area (Å²) in [5.41, 5.74) is -0.515. The van der Waals surface area contributed by atoms with Crippen LogP contribution in [0.3, 0.4) is 0 Å². The van der Waals surface area contributed by atoms with Gasteiger partial charge in [-0.05, 0) is 0 Å². The molecule has 2 N–H and O–H groups in total. The van der Waals surface area contributed by atoms with Gasteiger partial charge in [0.05, 0.1) is 13.2 Å². The molecule has 0 aromatic rings. The van der Waals surface area contributed by atoms with Crippen molar-refractivity contribution in [3.8, 4) is 0 Å². The van der Waals surface area contributed by atoms with Crippen molar-refractivity contribution in [2.45, 2.75) is 20.8 Å². The summed E-state index contributed by atoms with van der Waals surface area (Å²) in [5.74, 6) is -0.673. The number of hydrogen-bond donors (Lipinski definition) is 2. The Morgan fingerprint density at radius 2 is 1.83 bits per heavy atom. The van der Waals surface area contributed by atoms with E-state index in [-0.39, 0.29) is 5.76 Å². The first-order chi connectivity index (χ1) is 8.30. The number of nitrogens with one attached hydrogen (secondary N) is 1. The molecule has 0 bridgehead atoms. The Kier molecular flexibility index (Phi) is 4.72. The van der Waals surface area contributed by atoms with Crippen molar-refractivity contribution in [2.75, 3.05) is 26.3 Å². The van der Waals surface area contributed by atoms with Crippen LogP contribution in [0.5, 0.6) is 0 Å². The minimum Gasteiger partial charge on any atom is -0.512 e. The highest BCUT2D eigenvalue weighted by atomic mass is 16.5. The molecule has 1 heterocycles. The normalized spacial score (nSPS) is 17.5. The van der Waals surface area contributed by atoms with Gasteiger partial charge in [-0.1, -0.05) is 20.8 Å². The van der Waals surface area contributed by atoms with E-state index in [0.29, 0.717) is 26.3 Å². The summed E-state index contributed by atoms with van der Waals surface area (Å²) in [6, 6.07) is -0.457. The van der Waals surface area contributed by atoms with Crippen molar-refractivity contribution >= 4 is 11.9 Å². The van der Waals surface area contributed by atoms with E-state index in [2.05, 4.69) is 5.32 Å². The van der Waals surface area contributed by atoms with E-state index < -0.39 is 17.4 Å². The quantitative estimate of drug-likeness (QED) is 0.543. The summed E-state index contributed by atoms with van der Waals surface area (Å²) < 4.78 is 5.11. The van der Waals surface area contributed by atoms with Gasteiger partial charge >= 0.3 is 6.03 Å². The molecule has 1 aliphatic rings. The first-order valence-corrected chi connectivity index (χ1v) is 5.89. The SMILES string of the molecule is CC(C)(C)/C(O)=C/C(=O)NC(=O)N1CCOCC1. The number of aliphatic hydroxyl groups excluding tert-OH is 1. The van der Waals surface area contributed by atoms with Gasteiger partial charge in [-0.3, -0.25) is 10.1 Å². The highest BCUT2D eigenvalue weighted by Gasteiger charge is 2.20. The zero-order valence-electron chi connectivity index (χ0n) is 11.0. The second-order valence-corrected chi connectivity index (χ2v) is 5.17. The van der Waals surface area contributed by atoms with Crippen molar-refractivity contribution in [1.29, 1.82) is 0 Å². The Morgan fingerprint density at radius 3 is 2.33 bits per heavy atom. The molecule has 0 spiro atoms. The predicted octanol–water partition coefficient (Wildman–Crippen LogP) is 1.04. The summed E-state index contributed by atoms with van der Waals surface area (Å²) in [5, 5.41) is 11.8. The van der Waals surface area contributed by atoms with Crippen LogP contribution in [0, 0.1) is 5.41 Å². The van der Waals surface area contributed by atoms with Crippen molar-refractivity contribution in [1.82, 2.24) is 10.2 Å². The first-order valence-electron chi connectivity index (χ1n) is 5.89. The molecule has 1 aliphatic heterocycles. The molecule has 3 amide bonds. The highest BCUT2D eigenvalue weighted by Crippen LogP contribution is 2.21. The number of imide groups is 1. The van der Waals surface area contributed by atoms with Crippen LogP contribution in [-0.4, -0.2) is 48.2 Å². The van der Waals surface area contributed by atoms with E-state index in [1.165, 1.54) is 4.90 Å². The van der Waals surface area contributed by atoms with Gasteiger partial charge < -0.3 is 14.7 Å². The number of carbonyl (C=O) groups is 2. The number of hydrogen-bond acceptors (Lipinski definition) is 4. The van der Waals surface area contributed by atoms with E-state index in [9.17, 15) is 14.7 Å². The summed E-state index contributed by atoms with van der Waals surface area (Å²) in [4.78, 5) is 24.7. The number of carbonyl (C=O) groups excluding carboxylic acids is 2. The molecule has 6 nitrogen and oxygen atoms in total. The minimum absolute atomic E-state index is 0.0604. The number of rotatable bonds is 1. The molecule has 6 heteroatoms. The number of aliphatic hydroxyl groups is 1. The van der Waals surface area contributed by atoms with Crippen LogP contribution in [-0.2, 0) is 9.53 Å². The molecule has 1 rings (SSSR count). The van der Waals surface area contributed by atoms with Gasteiger partial charge in [-0.25, -0.2) is 4.79 Å². The summed E-state index contributed by atoms with van der Waals surface area (Å²) in [6.45, 7) is 7.21. The summed E-state index contributed by atoms with van der Waals surface area (Å²) in [7, 11) is 0. The van der Waals surface area contributed by atoms with Crippen LogP contribution in [0.4, 0.5) is 4.79 Å². The van der Waals surface area contributed by atoms with E-state index >= 15 is 0 Å². The molecule has 0 aliphatic carbocycles. The fraction of sp³-hybridized carbons (Fsp3) is 0.667. The molecule has 1 fully saturated rings. The number of ether oxygens (including phenoxy) is 1. The van der Waals surface area contributed by atoms with Gasteiger partial charge in [0, 0.05) is 24.6 Å². The van der Waals surface area contributed by atoms with Crippen LogP contribution in [0.2, 0.25) is 0 Å². The van der Waals surface area contributed by atoms with Crippen molar-refractivity contribution < 1.29 is 19.4 Å². The molecular formula is C12H20N2O4. The Hall–Kier alpha value is -1.56. The Labute approximate surface area is 107 Å². The smallest absolute Gasteiger partial charge is 0.324 e. The molecular weight excluding hydrogens is 236 g/mol. The topological polar surface area (TPSA) is 78.9 Å². The van der Waals surface area contributed by atoms with Crippen LogP contribution in [0.1, 0.15) is 20.8 Å². The first kappa shape index (κ1) is 14.5. The molecule has 102 valence electrons. The lowest BCUT2D eigenvalue weighted by atomic mass is 9.93. The molecule has 0 atom stereocenters. The summed E-state index contributed by atoms with van der Waals surface area (Å²) in [6.07, 6.45) is 1.04. The predicted molar refractivity (Wildman–Crippen MR) is 66.1 cm³/mol. The molecule has 0 aromatic heterocycles.